The van der Waals surface area contributed by atoms with Crippen LogP contribution in [0.5, 0.6) is 0 Å². The Morgan fingerprint density at radius 3 is 2.85 bits per heavy atom. The van der Waals surface area contributed by atoms with Crippen molar-refractivity contribution >= 4 is 28.9 Å². The van der Waals surface area contributed by atoms with Gasteiger partial charge >= 0.3 is 0 Å². The number of anilines is 2. The Bertz CT molecular complexity index is 872. The summed E-state index contributed by atoms with van der Waals surface area (Å²) in [6.45, 7) is 1.34. The van der Waals surface area contributed by atoms with Gasteiger partial charge in [-0.15, -0.1) is 11.3 Å². The summed E-state index contributed by atoms with van der Waals surface area (Å²) in [7, 11) is 0. The zero-order valence-electron chi connectivity index (χ0n) is 13.9. The number of amides is 1. The van der Waals surface area contributed by atoms with Crippen molar-refractivity contribution in [3.05, 3.63) is 53.3 Å². The van der Waals surface area contributed by atoms with E-state index in [1.54, 1.807) is 41.9 Å². The molecule has 0 saturated carbocycles. The number of rotatable bonds is 4. The molecule has 3 aromatic heterocycles. The smallest absolute Gasteiger partial charge is 0.273 e. The van der Waals surface area contributed by atoms with Crippen molar-refractivity contribution in [2.24, 2.45) is 0 Å². The van der Waals surface area contributed by atoms with Crippen molar-refractivity contribution in [3.63, 3.8) is 0 Å². The molecule has 1 amide bonds. The maximum absolute atomic E-state index is 12.6. The SMILES string of the molecule is O=C(c1cscn1)N1CCCC(c2nccnc2Nc2cnccn2)C1. The lowest BCUT2D eigenvalue weighted by molar-refractivity contribution is 0.0701. The lowest BCUT2D eigenvalue weighted by Crippen LogP contribution is -2.39. The fourth-order valence-electron chi connectivity index (χ4n) is 3.09. The summed E-state index contributed by atoms with van der Waals surface area (Å²) in [5, 5.41) is 4.97. The van der Waals surface area contributed by atoms with Crippen molar-refractivity contribution < 1.29 is 4.79 Å². The minimum atomic E-state index is -0.0247. The van der Waals surface area contributed by atoms with Gasteiger partial charge in [0.2, 0.25) is 0 Å². The molecule has 0 aliphatic carbocycles. The molecule has 3 aromatic rings. The van der Waals surface area contributed by atoms with Gasteiger partial charge in [0.25, 0.3) is 5.91 Å². The first-order chi connectivity index (χ1) is 12.8. The number of hydrogen-bond donors (Lipinski definition) is 1. The van der Waals surface area contributed by atoms with Crippen LogP contribution in [0.1, 0.15) is 34.9 Å². The molecule has 1 aliphatic heterocycles. The highest BCUT2D eigenvalue weighted by molar-refractivity contribution is 7.07. The van der Waals surface area contributed by atoms with Gasteiger partial charge in [-0.1, -0.05) is 0 Å². The quantitative estimate of drug-likeness (QED) is 0.756. The molecule has 0 spiro atoms. The number of piperidine rings is 1. The summed E-state index contributed by atoms with van der Waals surface area (Å²) in [6, 6.07) is 0. The average molecular weight is 367 g/mol. The Morgan fingerprint density at radius 2 is 2.04 bits per heavy atom. The normalized spacial score (nSPS) is 17.1. The van der Waals surface area contributed by atoms with E-state index in [2.05, 4.69) is 30.2 Å². The second-order valence-electron chi connectivity index (χ2n) is 5.97. The van der Waals surface area contributed by atoms with E-state index in [4.69, 9.17) is 0 Å². The summed E-state index contributed by atoms with van der Waals surface area (Å²) in [6.07, 6.45) is 10.1. The van der Waals surface area contributed by atoms with E-state index in [0.29, 0.717) is 23.9 Å². The van der Waals surface area contributed by atoms with Crippen LogP contribution in [0.15, 0.2) is 41.9 Å². The van der Waals surface area contributed by atoms with Gasteiger partial charge in [0, 0.05) is 49.2 Å². The molecule has 9 heteroatoms. The Balaban J connectivity index is 1.54. The zero-order chi connectivity index (χ0) is 17.8. The topological polar surface area (TPSA) is 96.8 Å². The summed E-state index contributed by atoms with van der Waals surface area (Å²) in [5.74, 6) is 1.35. The highest BCUT2D eigenvalue weighted by Crippen LogP contribution is 2.30. The van der Waals surface area contributed by atoms with Gasteiger partial charge in [0.1, 0.15) is 11.5 Å². The van der Waals surface area contributed by atoms with E-state index in [1.165, 1.54) is 11.3 Å². The Labute approximate surface area is 154 Å². The molecule has 1 saturated heterocycles. The van der Waals surface area contributed by atoms with Gasteiger partial charge in [0.15, 0.2) is 5.82 Å². The number of carbonyl (C=O) groups excluding carboxylic acids is 1. The molecule has 1 unspecified atom stereocenters. The second kappa shape index (κ2) is 7.52. The highest BCUT2D eigenvalue weighted by Gasteiger charge is 2.29. The van der Waals surface area contributed by atoms with Gasteiger partial charge in [-0.05, 0) is 12.8 Å². The Hall–Kier alpha value is -2.94. The molecule has 1 N–H and O–H groups in total. The fourth-order valence-corrected chi connectivity index (χ4v) is 3.62. The van der Waals surface area contributed by atoms with Crippen molar-refractivity contribution in [2.75, 3.05) is 18.4 Å². The molecule has 26 heavy (non-hydrogen) atoms. The number of thiazole rings is 1. The van der Waals surface area contributed by atoms with Gasteiger partial charge in [-0.2, -0.15) is 0 Å². The Kier molecular flexibility index (Phi) is 4.78. The van der Waals surface area contributed by atoms with Crippen LogP contribution in [-0.4, -0.2) is 48.8 Å². The predicted octanol–water partition coefficient (Wildman–Crippen LogP) is 2.49. The molecule has 1 fully saturated rings. The first-order valence-corrected chi connectivity index (χ1v) is 9.27. The summed E-state index contributed by atoms with van der Waals surface area (Å²) >= 11 is 1.43. The number of nitrogens with zero attached hydrogens (tertiary/aromatic N) is 6. The molecule has 0 radical (unpaired) electrons. The largest absolute Gasteiger partial charge is 0.337 e. The van der Waals surface area contributed by atoms with Crippen LogP contribution >= 0.6 is 11.3 Å². The van der Waals surface area contributed by atoms with Crippen LogP contribution in [0.3, 0.4) is 0 Å². The minimum absolute atomic E-state index is 0.0247. The predicted molar refractivity (Wildman–Crippen MR) is 97.3 cm³/mol. The number of hydrogen-bond acceptors (Lipinski definition) is 8. The molecular formula is C17H17N7OS. The molecule has 4 heterocycles. The van der Waals surface area contributed by atoms with Crippen LogP contribution in [0, 0.1) is 0 Å². The van der Waals surface area contributed by atoms with Gasteiger partial charge < -0.3 is 10.2 Å². The molecule has 1 atom stereocenters. The van der Waals surface area contributed by atoms with Crippen LogP contribution < -0.4 is 5.32 Å². The van der Waals surface area contributed by atoms with E-state index in [9.17, 15) is 4.79 Å². The minimum Gasteiger partial charge on any atom is -0.337 e. The molecule has 8 nitrogen and oxygen atoms in total. The van der Waals surface area contributed by atoms with Crippen LogP contribution in [0.25, 0.3) is 0 Å². The first kappa shape index (κ1) is 16.5. The van der Waals surface area contributed by atoms with Crippen LogP contribution in [0.4, 0.5) is 11.6 Å². The standard InChI is InChI=1S/C17H17N7OS/c25-17(13-10-26-11-22-13)24-7-1-2-12(9-24)15-16(21-6-5-20-15)23-14-8-18-3-4-19-14/h3-6,8,10-12H,1-2,7,9H2,(H,19,21,23). The average Bonchev–Trinajstić information content (AvgIpc) is 3.24. The fraction of sp³-hybridized carbons (Fsp3) is 0.294. The van der Waals surface area contributed by atoms with Crippen molar-refractivity contribution in [2.45, 2.75) is 18.8 Å². The zero-order valence-corrected chi connectivity index (χ0v) is 14.8. The molecule has 0 aromatic carbocycles. The summed E-state index contributed by atoms with van der Waals surface area (Å²) < 4.78 is 0. The number of likely N-dealkylation sites (tertiary alicyclic amines) is 1. The van der Waals surface area contributed by atoms with Crippen molar-refractivity contribution in [1.29, 1.82) is 0 Å². The third-order valence-electron chi connectivity index (χ3n) is 4.28. The third kappa shape index (κ3) is 3.52. The van der Waals surface area contributed by atoms with E-state index in [0.717, 1.165) is 25.1 Å². The third-order valence-corrected chi connectivity index (χ3v) is 4.87. The molecule has 0 bridgehead atoms. The lowest BCUT2D eigenvalue weighted by atomic mass is 9.94. The van der Waals surface area contributed by atoms with Gasteiger partial charge in [-0.25, -0.2) is 15.0 Å². The summed E-state index contributed by atoms with van der Waals surface area (Å²) in [4.78, 5) is 35.8. The van der Waals surface area contributed by atoms with E-state index < -0.39 is 0 Å². The van der Waals surface area contributed by atoms with Gasteiger partial charge in [-0.3, -0.25) is 14.8 Å². The molecular weight excluding hydrogens is 350 g/mol. The summed E-state index contributed by atoms with van der Waals surface area (Å²) in [5.41, 5.74) is 3.03. The van der Waals surface area contributed by atoms with Crippen LogP contribution in [-0.2, 0) is 0 Å². The maximum atomic E-state index is 12.6. The number of nitrogens with one attached hydrogen (secondary N) is 1. The van der Waals surface area contributed by atoms with E-state index in [-0.39, 0.29) is 11.8 Å². The highest BCUT2D eigenvalue weighted by atomic mass is 32.1. The van der Waals surface area contributed by atoms with E-state index >= 15 is 0 Å². The molecule has 1 aliphatic rings. The lowest BCUT2D eigenvalue weighted by Gasteiger charge is -2.32. The van der Waals surface area contributed by atoms with Gasteiger partial charge in [0.05, 0.1) is 17.4 Å². The number of carbonyl (C=O) groups is 1. The van der Waals surface area contributed by atoms with Crippen LogP contribution in [0.2, 0.25) is 0 Å². The maximum Gasteiger partial charge on any atom is 0.273 e. The monoisotopic (exact) mass is 367 g/mol. The Morgan fingerprint density at radius 1 is 1.15 bits per heavy atom. The molecule has 132 valence electrons. The van der Waals surface area contributed by atoms with Crippen molar-refractivity contribution in [1.82, 2.24) is 29.8 Å². The molecule has 4 rings (SSSR count). The second-order valence-corrected chi connectivity index (χ2v) is 6.69. The number of aromatic nitrogens is 5. The first-order valence-electron chi connectivity index (χ1n) is 8.32. The van der Waals surface area contributed by atoms with Crippen molar-refractivity contribution in [3.8, 4) is 0 Å². The van der Waals surface area contributed by atoms with E-state index in [1.807, 2.05) is 4.90 Å².